The first kappa shape index (κ1) is 22.1. The first-order valence-corrected chi connectivity index (χ1v) is 10.3. The van der Waals surface area contributed by atoms with Crippen LogP contribution in [-0.2, 0) is 4.74 Å². The number of halogens is 2. The molecule has 0 bridgehead atoms. The second-order valence-electron chi connectivity index (χ2n) is 8.25. The molecule has 0 radical (unpaired) electrons. The molecule has 1 aromatic heterocycles. The largest absolute Gasteiger partial charge is 0.474 e. The molecule has 0 saturated carbocycles. The Morgan fingerprint density at radius 2 is 1.93 bits per heavy atom. The van der Waals surface area contributed by atoms with Crippen LogP contribution >= 0.6 is 11.6 Å². The predicted molar refractivity (Wildman–Crippen MR) is 115 cm³/mol. The molecule has 1 aliphatic heterocycles. The molecule has 0 N–H and O–H groups in total. The summed E-state index contributed by atoms with van der Waals surface area (Å²) >= 11 is 5.82. The van der Waals surface area contributed by atoms with Crippen molar-refractivity contribution in [2.45, 2.75) is 45.3 Å². The quantitative estimate of drug-likeness (QED) is 0.620. The SMILES string of the molecule is C=C(c1cccc(OC2CCN(C(=O)OC(C)(C)C)CC2)n1)c1ccc(Cl)cc1F. The zero-order valence-electron chi connectivity index (χ0n) is 17.5. The van der Waals surface area contributed by atoms with Gasteiger partial charge in [-0.2, -0.15) is 0 Å². The van der Waals surface area contributed by atoms with Gasteiger partial charge in [0.15, 0.2) is 0 Å². The van der Waals surface area contributed by atoms with E-state index in [-0.39, 0.29) is 12.2 Å². The summed E-state index contributed by atoms with van der Waals surface area (Å²) in [5.74, 6) is -0.00567. The molecule has 5 nitrogen and oxygen atoms in total. The van der Waals surface area contributed by atoms with Gasteiger partial charge in [0, 0.05) is 48.2 Å². The fourth-order valence-corrected chi connectivity index (χ4v) is 3.33. The maximum absolute atomic E-state index is 14.2. The molecule has 0 spiro atoms. The number of nitrogens with zero attached hydrogens (tertiary/aromatic N) is 2. The van der Waals surface area contributed by atoms with Crippen LogP contribution < -0.4 is 4.74 Å². The molecule has 30 heavy (non-hydrogen) atoms. The average Bonchev–Trinajstić information content (AvgIpc) is 2.67. The minimum Gasteiger partial charge on any atom is -0.474 e. The maximum Gasteiger partial charge on any atom is 0.410 e. The third-order valence-electron chi connectivity index (χ3n) is 4.67. The highest BCUT2D eigenvalue weighted by Crippen LogP contribution is 2.27. The molecule has 1 fully saturated rings. The third-order valence-corrected chi connectivity index (χ3v) is 4.91. The highest BCUT2D eigenvalue weighted by Gasteiger charge is 2.27. The van der Waals surface area contributed by atoms with Gasteiger partial charge in [0.05, 0.1) is 5.69 Å². The number of carbonyl (C=O) groups excluding carboxylic acids is 1. The van der Waals surface area contributed by atoms with Crippen molar-refractivity contribution in [3.8, 4) is 5.88 Å². The zero-order valence-corrected chi connectivity index (χ0v) is 18.2. The smallest absolute Gasteiger partial charge is 0.410 e. The molecule has 2 aromatic rings. The Kier molecular flexibility index (Phi) is 6.66. The van der Waals surface area contributed by atoms with Crippen molar-refractivity contribution < 1.29 is 18.7 Å². The Labute approximate surface area is 181 Å². The van der Waals surface area contributed by atoms with Crippen LogP contribution in [0.5, 0.6) is 5.88 Å². The van der Waals surface area contributed by atoms with Crippen LogP contribution in [0.25, 0.3) is 5.57 Å². The lowest BCUT2D eigenvalue weighted by Gasteiger charge is -2.33. The topological polar surface area (TPSA) is 51.7 Å². The number of hydrogen-bond acceptors (Lipinski definition) is 4. The zero-order chi connectivity index (χ0) is 21.9. The summed E-state index contributed by atoms with van der Waals surface area (Å²) in [7, 11) is 0. The van der Waals surface area contributed by atoms with E-state index < -0.39 is 11.4 Å². The molecule has 0 unspecified atom stereocenters. The number of amides is 1. The van der Waals surface area contributed by atoms with E-state index in [1.165, 1.54) is 6.07 Å². The molecular weight excluding hydrogens is 407 g/mol. The molecule has 1 aliphatic rings. The Balaban J connectivity index is 1.61. The number of likely N-dealkylation sites (tertiary alicyclic amines) is 1. The summed E-state index contributed by atoms with van der Waals surface area (Å²) in [4.78, 5) is 18.4. The van der Waals surface area contributed by atoms with Gasteiger partial charge in [-0.3, -0.25) is 0 Å². The number of ether oxygens (including phenoxy) is 2. The normalized spacial score (nSPS) is 15.0. The minimum absolute atomic E-state index is 0.0630. The summed E-state index contributed by atoms with van der Waals surface area (Å²) in [6.07, 6.45) is 0.991. The van der Waals surface area contributed by atoms with Crippen LogP contribution in [0, 0.1) is 5.82 Å². The molecule has 1 amide bonds. The van der Waals surface area contributed by atoms with Crippen molar-refractivity contribution in [3.63, 3.8) is 0 Å². The fraction of sp³-hybridized carbons (Fsp3) is 0.391. The molecule has 1 aromatic carbocycles. The third kappa shape index (κ3) is 5.72. The van der Waals surface area contributed by atoms with Crippen molar-refractivity contribution >= 4 is 23.3 Å². The van der Waals surface area contributed by atoms with Crippen LogP contribution in [0.3, 0.4) is 0 Å². The summed E-state index contributed by atoms with van der Waals surface area (Å²) < 4.78 is 25.6. The molecule has 0 aliphatic carbocycles. The first-order chi connectivity index (χ1) is 14.1. The van der Waals surface area contributed by atoms with Crippen molar-refractivity contribution in [1.29, 1.82) is 0 Å². The van der Waals surface area contributed by atoms with E-state index in [0.29, 0.717) is 53.7 Å². The number of benzene rings is 1. The average molecular weight is 433 g/mol. The van der Waals surface area contributed by atoms with Crippen LogP contribution in [0.2, 0.25) is 5.02 Å². The lowest BCUT2D eigenvalue weighted by molar-refractivity contribution is 0.0123. The van der Waals surface area contributed by atoms with Crippen LogP contribution in [-0.4, -0.2) is 40.8 Å². The Hall–Kier alpha value is -2.60. The molecule has 0 atom stereocenters. The Bertz CT molecular complexity index is 934. The van der Waals surface area contributed by atoms with Gasteiger partial charge in [0.2, 0.25) is 5.88 Å². The van der Waals surface area contributed by atoms with Crippen LogP contribution in [0.4, 0.5) is 9.18 Å². The molecule has 160 valence electrons. The van der Waals surface area contributed by atoms with E-state index in [0.717, 1.165) is 0 Å². The van der Waals surface area contributed by atoms with Crippen molar-refractivity contribution in [3.05, 3.63) is 65.1 Å². The van der Waals surface area contributed by atoms with Gasteiger partial charge in [-0.1, -0.05) is 24.2 Å². The van der Waals surface area contributed by atoms with E-state index in [1.54, 1.807) is 35.2 Å². The van der Waals surface area contributed by atoms with Gasteiger partial charge < -0.3 is 14.4 Å². The summed E-state index contributed by atoms with van der Waals surface area (Å²) in [5.41, 5.74) is 0.810. The van der Waals surface area contributed by atoms with E-state index in [2.05, 4.69) is 11.6 Å². The Morgan fingerprint density at radius 1 is 1.23 bits per heavy atom. The van der Waals surface area contributed by atoms with Gasteiger partial charge in [-0.15, -0.1) is 0 Å². The molecular formula is C23H26ClFN2O3. The number of hydrogen-bond donors (Lipinski definition) is 0. The fourth-order valence-electron chi connectivity index (χ4n) is 3.17. The van der Waals surface area contributed by atoms with E-state index in [1.807, 2.05) is 20.8 Å². The van der Waals surface area contributed by atoms with Crippen molar-refractivity contribution in [2.75, 3.05) is 13.1 Å². The standard InChI is InChI=1S/C23H26ClFN2O3/c1-15(18-9-8-16(24)14-19(18)25)20-6-5-7-21(26-20)29-17-10-12-27(13-11-17)22(28)30-23(2,3)4/h5-9,14,17H,1,10-13H2,2-4H3. The number of rotatable bonds is 4. The highest BCUT2D eigenvalue weighted by molar-refractivity contribution is 6.30. The first-order valence-electron chi connectivity index (χ1n) is 9.89. The minimum atomic E-state index is -0.513. The van der Waals surface area contributed by atoms with Gasteiger partial charge in [-0.05, 0) is 45.0 Å². The summed E-state index contributed by atoms with van der Waals surface area (Å²) in [6.45, 7) is 10.6. The van der Waals surface area contributed by atoms with Crippen LogP contribution in [0.1, 0.15) is 44.9 Å². The van der Waals surface area contributed by atoms with E-state index in [4.69, 9.17) is 21.1 Å². The molecule has 1 saturated heterocycles. The van der Waals surface area contributed by atoms with Crippen molar-refractivity contribution in [1.82, 2.24) is 9.88 Å². The van der Waals surface area contributed by atoms with Gasteiger partial charge >= 0.3 is 6.09 Å². The monoisotopic (exact) mass is 432 g/mol. The predicted octanol–water partition coefficient (Wildman–Crippen LogP) is 5.71. The number of aromatic nitrogens is 1. The lowest BCUT2D eigenvalue weighted by atomic mass is 10.0. The van der Waals surface area contributed by atoms with Gasteiger partial charge in [0.25, 0.3) is 0 Å². The van der Waals surface area contributed by atoms with Crippen molar-refractivity contribution in [2.24, 2.45) is 0 Å². The molecule has 7 heteroatoms. The summed E-state index contributed by atoms with van der Waals surface area (Å²) in [5, 5.41) is 0.326. The summed E-state index contributed by atoms with van der Waals surface area (Å²) in [6, 6.07) is 9.77. The van der Waals surface area contributed by atoms with Gasteiger partial charge in [-0.25, -0.2) is 14.2 Å². The van der Waals surface area contributed by atoms with Crippen LogP contribution in [0.15, 0.2) is 43.0 Å². The second kappa shape index (κ2) is 9.04. The number of carbonyl (C=O) groups is 1. The lowest BCUT2D eigenvalue weighted by Crippen LogP contribution is -2.44. The highest BCUT2D eigenvalue weighted by atomic mass is 35.5. The maximum atomic E-state index is 14.2. The number of pyridine rings is 1. The second-order valence-corrected chi connectivity index (χ2v) is 8.68. The Morgan fingerprint density at radius 3 is 2.57 bits per heavy atom. The molecule has 3 rings (SSSR count). The van der Waals surface area contributed by atoms with E-state index >= 15 is 0 Å². The molecule has 2 heterocycles. The number of piperidine rings is 1. The van der Waals surface area contributed by atoms with E-state index in [9.17, 15) is 9.18 Å². The van der Waals surface area contributed by atoms with Gasteiger partial charge in [0.1, 0.15) is 17.5 Å².